The number of amides is 1. The molecule has 0 atom stereocenters. The number of hydrogen-bond acceptors (Lipinski definition) is 5. The minimum Gasteiger partial charge on any atom is -0.389 e. The predicted octanol–water partition coefficient (Wildman–Crippen LogP) is 3.23. The van der Waals surface area contributed by atoms with Crippen molar-refractivity contribution in [3.05, 3.63) is 83.8 Å². The molecule has 1 aliphatic rings. The van der Waals surface area contributed by atoms with Gasteiger partial charge < -0.3 is 10.0 Å². The van der Waals surface area contributed by atoms with Crippen molar-refractivity contribution < 1.29 is 9.90 Å². The van der Waals surface area contributed by atoms with E-state index in [1.807, 2.05) is 36.4 Å². The van der Waals surface area contributed by atoms with Crippen LogP contribution < -0.4 is 0 Å². The van der Waals surface area contributed by atoms with Crippen molar-refractivity contribution in [1.82, 2.24) is 14.9 Å². The molecular formula is C24H22N4O2. The molecule has 0 aliphatic carbocycles. The molecule has 0 saturated carbocycles. The van der Waals surface area contributed by atoms with E-state index in [4.69, 9.17) is 5.26 Å². The minimum atomic E-state index is -0.850. The number of piperidine rings is 1. The van der Waals surface area contributed by atoms with Crippen molar-refractivity contribution in [3.8, 4) is 17.3 Å². The van der Waals surface area contributed by atoms with Gasteiger partial charge >= 0.3 is 0 Å². The lowest BCUT2D eigenvalue weighted by Crippen LogP contribution is -2.47. The Balaban J connectivity index is 1.45. The molecule has 30 heavy (non-hydrogen) atoms. The molecule has 0 unspecified atom stereocenters. The van der Waals surface area contributed by atoms with E-state index in [2.05, 4.69) is 16.0 Å². The number of carbonyl (C=O) groups is 1. The molecular weight excluding hydrogens is 376 g/mol. The van der Waals surface area contributed by atoms with Crippen molar-refractivity contribution in [2.24, 2.45) is 0 Å². The van der Waals surface area contributed by atoms with Gasteiger partial charge in [-0.3, -0.25) is 4.79 Å². The van der Waals surface area contributed by atoms with E-state index in [0.29, 0.717) is 49.2 Å². The molecule has 4 rings (SSSR count). The van der Waals surface area contributed by atoms with Gasteiger partial charge in [0.1, 0.15) is 6.33 Å². The van der Waals surface area contributed by atoms with E-state index in [1.165, 1.54) is 6.33 Å². The van der Waals surface area contributed by atoms with E-state index in [1.54, 1.807) is 29.3 Å². The van der Waals surface area contributed by atoms with Crippen LogP contribution in [-0.2, 0) is 6.42 Å². The van der Waals surface area contributed by atoms with Crippen LogP contribution in [0.1, 0.15) is 34.3 Å². The molecule has 150 valence electrons. The Hall–Kier alpha value is -3.56. The average molecular weight is 398 g/mol. The number of aliphatic hydroxyl groups is 1. The summed E-state index contributed by atoms with van der Waals surface area (Å²) < 4.78 is 0. The van der Waals surface area contributed by atoms with Gasteiger partial charge in [0.15, 0.2) is 0 Å². The topological polar surface area (TPSA) is 90.1 Å². The maximum absolute atomic E-state index is 13.2. The fourth-order valence-electron chi connectivity index (χ4n) is 3.89. The molecule has 1 N–H and O–H groups in total. The smallest absolute Gasteiger partial charge is 0.254 e. The summed E-state index contributed by atoms with van der Waals surface area (Å²) in [5.41, 5.74) is 2.84. The Morgan fingerprint density at radius 1 is 1.10 bits per heavy atom. The summed E-state index contributed by atoms with van der Waals surface area (Å²) in [6.07, 6.45) is 4.66. The number of benzene rings is 2. The monoisotopic (exact) mass is 398 g/mol. The second kappa shape index (κ2) is 8.44. The van der Waals surface area contributed by atoms with Crippen LogP contribution in [0.15, 0.2) is 67.1 Å². The number of likely N-dealkylation sites (tertiary alicyclic amines) is 1. The molecule has 6 nitrogen and oxygen atoms in total. The molecule has 0 bridgehead atoms. The lowest BCUT2D eigenvalue weighted by molar-refractivity contribution is -0.0162. The molecule has 1 aliphatic heterocycles. The molecule has 1 fully saturated rings. The summed E-state index contributed by atoms with van der Waals surface area (Å²) in [5, 5.41) is 20.0. The fraction of sp³-hybridized carbons (Fsp3) is 0.250. The van der Waals surface area contributed by atoms with Crippen LogP contribution in [0, 0.1) is 11.3 Å². The maximum atomic E-state index is 13.2. The molecule has 1 amide bonds. The van der Waals surface area contributed by atoms with Gasteiger partial charge in [-0.15, -0.1) is 0 Å². The van der Waals surface area contributed by atoms with E-state index >= 15 is 0 Å². The van der Waals surface area contributed by atoms with Crippen molar-refractivity contribution in [3.63, 3.8) is 0 Å². The first kappa shape index (κ1) is 19.7. The number of nitrogens with zero attached hydrogens (tertiary/aromatic N) is 4. The van der Waals surface area contributed by atoms with E-state index < -0.39 is 5.60 Å². The number of aromatic nitrogens is 2. The van der Waals surface area contributed by atoms with Gasteiger partial charge in [0.05, 0.1) is 22.9 Å². The van der Waals surface area contributed by atoms with Crippen LogP contribution in [0.2, 0.25) is 0 Å². The molecule has 6 heteroatoms. The van der Waals surface area contributed by atoms with E-state index in [9.17, 15) is 9.90 Å². The lowest BCUT2D eigenvalue weighted by Gasteiger charge is -2.38. The van der Waals surface area contributed by atoms with Gasteiger partial charge in [0, 0.05) is 36.8 Å². The van der Waals surface area contributed by atoms with Crippen LogP contribution in [0.25, 0.3) is 11.3 Å². The third-order valence-corrected chi connectivity index (χ3v) is 5.61. The second-order valence-corrected chi connectivity index (χ2v) is 7.64. The van der Waals surface area contributed by atoms with Gasteiger partial charge in [-0.25, -0.2) is 9.97 Å². The van der Waals surface area contributed by atoms with Gasteiger partial charge in [0.2, 0.25) is 0 Å². The normalized spacial score (nSPS) is 15.4. The Morgan fingerprint density at radius 3 is 2.50 bits per heavy atom. The molecule has 1 saturated heterocycles. The molecule has 3 aromatic rings. The quantitative estimate of drug-likeness (QED) is 0.729. The Labute approximate surface area is 175 Å². The van der Waals surface area contributed by atoms with Gasteiger partial charge in [-0.2, -0.15) is 5.26 Å². The van der Waals surface area contributed by atoms with Crippen molar-refractivity contribution in [2.45, 2.75) is 24.9 Å². The number of hydrogen-bond donors (Lipinski definition) is 1. The summed E-state index contributed by atoms with van der Waals surface area (Å²) in [6, 6.07) is 18.6. The molecule has 0 radical (unpaired) electrons. The van der Waals surface area contributed by atoms with Gasteiger partial charge in [-0.05, 0) is 42.7 Å². The first-order valence-electron chi connectivity index (χ1n) is 9.94. The van der Waals surface area contributed by atoms with Gasteiger partial charge in [0.25, 0.3) is 5.91 Å². The van der Waals surface area contributed by atoms with Crippen molar-refractivity contribution in [1.29, 1.82) is 5.26 Å². The van der Waals surface area contributed by atoms with E-state index in [-0.39, 0.29) is 5.91 Å². The molecule has 2 aromatic carbocycles. The largest absolute Gasteiger partial charge is 0.389 e. The SMILES string of the molecule is N#Cc1ccc(CC2(O)CCN(C(=O)c3ccccc3-c3ccncn3)CC2)cc1. The summed E-state index contributed by atoms with van der Waals surface area (Å²) >= 11 is 0. The minimum absolute atomic E-state index is 0.0513. The summed E-state index contributed by atoms with van der Waals surface area (Å²) in [4.78, 5) is 23.2. The summed E-state index contributed by atoms with van der Waals surface area (Å²) in [5.74, 6) is -0.0513. The zero-order chi connectivity index (χ0) is 21.0. The standard InChI is InChI=1S/C24H22N4O2/c25-16-19-7-5-18(6-8-19)15-24(30)10-13-28(14-11-24)23(29)21-4-2-1-3-20(21)22-9-12-26-17-27-22/h1-9,12,17,30H,10-11,13-15H2. The Kier molecular flexibility index (Phi) is 5.55. The lowest BCUT2D eigenvalue weighted by atomic mass is 9.85. The number of rotatable bonds is 4. The van der Waals surface area contributed by atoms with Crippen LogP contribution in [0.3, 0.4) is 0 Å². The van der Waals surface area contributed by atoms with Crippen LogP contribution >= 0.6 is 0 Å². The van der Waals surface area contributed by atoms with Crippen LogP contribution in [0.5, 0.6) is 0 Å². The first-order chi connectivity index (χ1) is 14.6. The zero-order valence-corrected chi connectivity index (χ0v) is 16.5. The summed E-state index contributed by atoms with van der Waals surface area (Å²) in [6.45, 7) is 0.980. The molecule has 2 heterocycles. The fourth-order valence-corrected chi connectivity index (χ4v) is 3.89. The third kappa shape index (κ3) is 4.22. The third-order valence-electron chi connectivity index (χ3n) is 5.61. The first-order valence-corrected chi connectivity index (χ1v) is 9.94. The molecule has 1 aromatic heterocycles. The second-order valence-electron chi connectivity index (χ2n) is 7.64. The maximum Gasteiger partial charge on any atom is 0.254 e. The molecule has 0 spiro atoms. The van der Waals surface area contributed by atoms with Gasteiger partial charge in [-0.1, -0.05) is 30.3 Å². The van der Waals surface area contributed by atoms with Crippen LogP contribution in [-0.4, -0.2) is 44.6 Å². The highest BCUT2D eigenvalue weighted by molar-refractivity contribution is 6.00. The highest BCUT2D eigenvalue weighted by Gasteiger charge is 2.34. The number of nitriles is 1. The number of carbonyl (C=O) groups excluding carboxylic acids is 1. The average Bonchev–Trinajstić information content (AvgIpc) is 2.80. The zero-order valence-electron chi connectivity index (χ0n) is 16.5. The van der Waals surface area contributed by atoms with Crippen molar-refractivity contribution in [2.75, 3.05) is 13.1 Å². The Bertz CT molecular complexity index is 1070. The Morgan fingerprint density at radius 2 is 1.83 bits per heavy atom. The van der Waals surface area contributed by atoms with Crippen molar-refractivity contribution >= 4 is 5.91 Å². The summed E-state index contributed by atoms with van der Waals surface area (Å²) in [7, 11) is 0. The predicted molar refractivity (Wildman–Crippen MR) is 112 cm³/mol. The van der Waals surface area contributed by atoms with E-state index in [0.717, 1.165) is 11.1 Å². The van der Waals surface area contributed by atoms with Crippen LogP contribution in [0.4, 0.5) is 0 Å². The highest BCUT2D eigenvalue weighted by atomic mass is 16.3. The highest BCUT2D eigenvalue weighted by Crippen LogP contribution is 2.29.